The number of aromatic hydroxyl groups is 4. The van der Waals surface area contributed by atoms with Crippen molar-refractivity contribution in [3.05, 3.63) is 233 Å². The van der Waals surface area contributed by atoms with Gasteiger partial charge >= 0.3 is 11.9 Å². The molecule has 9 rings (SSSR count). The third-order valence-electron chi connectivity index (χ3n) is 14.3. The summed E-state index contributed by atoms with van der Waals surface area (Å²) in [6, 6.07) is 36.7. The highest BCUT2D eigenvalue weighted by Crippen LogP contribution is 2.29. The van der Waals surface area contributed by atoms with Gasteiger partial charge in [-0.05, 0) is 223 Å². The van der Waals surface area contributed by atoms with Crippen LogP contribution < -0.4 is 0 Å². The molecule has 0 aliphatic carbocycles. The van der Waals surface area contributed by atoms with E-state index in [0.717, 1.165) is 95.4 Å². The standard InChI is InChI=1S/C23H24N2O3.C18H22N2O3.2C15H18N2O/c1-5-28-23(27)20-13-21(18-9-7-6-8-10-18)25(17(20)4)24-14-19-12-15(2)11-16(3)22(19)26;1-6-23-18(22)16-9-13(4)20(14(16)5)19-10-15-8-11(2)7-12(3)17(15)21;2*1-10-7-11(2)15(18)14(8-10)9-16-17-12(3)5-6-13(17)4/h6-14,26H,5H2,1-4H3;7-10,21H,6H2,1-5H3;2*5-9,18H,1-4H3/b24-14+;19-10+;2*16-9+. The van der Waals surface area contributed by atoms with Crippen molar-refractivity contribution in [3.8, 4) is 34.3 Å². The van der Waals surface area contributed by atoms with Crippen LogP contribution >= 0.6 is 0 Å². The van der Waals surface area contributed by atoms with Crippen LogP contribution in [0.4, 0.5) is 0 Å². The van der Waals surface area contributed by atoms with Crippen molar-refractivity contribution < 1.29 is 39.5 Å². The summed E-state index contributed by atoms with van der Waals surface area (Å²) < 4.78 is 17.3. The van der Waals surface area contributed by atoms with E-state index in [9.17, 15) is 30.0 Å². The number of benzene rings is 5. The Labute approximate surface area is 511 Å². The SMILES string of the molecule is CCOC(=O)c1cc(-c2ccccc2)n(/N=C/c2cc(C)cc(C)c2O)c1C.CCOC(=O)c1cc(C)n(/N=C/c2cc(C)cc(C)c2O)c1C.Cc1cc(C)c(O)c(/C=N/n2c(C)ccc2C)c1.Cc1cc(C)c(O)c(/C=N/n2c(C)ccc2C)c1. The maximum Gasteiger partial charge on any atom is 0.340 e. The molecule has 0 amide bonds. The van der Waals surface area contributed by atoms with Crippen LogP contribution in [-0.4, -0.2) is 89.1 Å². The lowest BCUT2D eigenvalue weighted by atomic mass is 10.1. The van der Waals surface area contributed by atoms with Gasteiger partial charge in [0.05, 0.1) is 66.3 Å². The van der Waals surface area contributed by atoms with E-state index in [1.165, 1.54) is 0 Å². The van der Waals surface area contributed by atoms with Gasteiger partial charge in [0.15, 0.2) is 0 Å². The van der Waals surface area contributed by atoms with E-state index in [0.29, 0.717) is 58.4 Å². The molecule has 0 spiro atoms. The number of aryl methyl sites for hydroxylation is 13. The summed E-state index contributed by atoms with van der Waals surface area (Å²) in [4.78, 5) is 24.3. The Morgan fingerprint density at radius 3 is 1.01 bits per heavy atom. The maximum absolute atomic E-state index is 12.4. The first-order valence-electron chi connectivity index (χ1n) is 28.7. The molecule has 0 saturated heterocycles. The first-order valence-corrected chi connectivity index (χ1v) is 28.7. The number of rotatable bonds is 13. The van der Waals surface area contributed by atoms with Crippen molar-refractivity contribution in [1.29, 1.82) is 0 Å². The van der Waals surface area contributed by atoms with Crippen LogP contribution in [-0.2, 0) is 9.47 Å². The molecule has 0 fully saturated rings. The minimum absolute atomic E-state index is 0.200. The van der Waals surface area contributed by atoms with Gasteiger partial charge in [0.1, 0.15) is 23.0 Å². The molecule has 4 heterocycles. The van der Waals surface area contributed by atoms with Crippen LogP contribution in [0.5, 0.6) is 23.0 Å². The van der Waals surface area contributed by atoms with E-state index in [2.05, 4.69) is 20.4 Å². The van der Waals surface area contributed by atoms with E-state index >= 15 is 0 Å². The summed E-state index contributed by atoms with van der Waals surface area (Å²) in [6.45, 7) is 33.2. The predicted molar refractivity (Wildman–Crippen MR) is 351 cm³/mol. The fraction of sp³-hybridized carbons (Fsp3) is 0.268. The van der Waals surface area contributed by atoms with Crippen LogP contribution in [0.25, 0.3) is 11.3 Å². The Bertz CT molecular complexity index is 3910. The molecule has 0 unspecified atom stereocenters. The topological polar surface area (TPSA) is 203 Å². The van der Waals surface area contributed by atoms with Gasteiger partial charge < -0.3 is 29.9 Å². The Balaban J connectivity index is 0.000000188. The molecule has 16 nitrogen and oxygen atoms in total. The fourth-order valence-corrected chi connectivity index (χ4v) is 9.85. The number of ether oxygens (including phenoxy) is 2. The molecule has 5 aromatic carbocycles. The maximum atomic E-state index is 12.4. The molecule has 0 radical (unpaired) electrons. The molecule has 0 saturated carbocycles. The van der Waals surface area contributed by atoms with E-state index in [-0.39, 0.29) is 23.4 Å². The molecule has 0 aliphatic heterocycles. The van der Waals surface area contributed by atoms with Crippen molar-refractivity contribution in [2.75, 3.05) is 13.2 Å². The highest BCUT2D eigenvalue weighted by Gasteiger charge is 2.20. The number of nitrogens with zero attached hydrogens (tertiary/aromatic N) is 8. The lowest BCUT2D eigenvalue weighted by Crippen LogP contribution is -2.06. The molecule has 16 heteroatoms. The van der Waals surface area contributed by atoms with E-state index in [1.807, 2.05) is 216 Å². The highest BCUT2D eigenvalue weighted by atomic mass is 16.5. The van der Waals surface area contributed by atoms with E-state index in [1.54, 1.807) is 60.2 Å². The molecule has 4 aromatic heterocycles. The first kappa shape index (κ1) is 66.2. The van der Waals surface area contributed by atoms with Gasteiger partial charge in [-0.25, -0.2) is 28.3 Å². The Morgan fingerprint density at radius 1 is 0.379 bits per heavy atom. The van der Waals surface area contributed by atoms with Gasteiger partial charge in [0, 0.05) is 56.3 Å². The summed E-state index contributed by atoms with van der Waals surface area (Å²) in [5.41, 5.74) is 19.7. The normalized spacial score (nSPS) is 11.2. The summed E-state index contributed by atoms with van der Waals surface area (Å²) in [7, 11) is 0. The van der Waals surface area contributed by atoms with Crippen LogP contribution in [0.1, 0.15) is 141 Å². The number of phenolic OH excluding ortho intramolecular Hbond substituents is 4. The zero-order valence-electron chi connectivity index (χ0n) is 53.2. The monoisotopic (exact) mass is 1170 g/mol. The smallest absolute Gasteiger partial charge is 0.340 e. The van der Waals surface area contributed by atoms with Gasteiger partial charge in [0.25, 0.3) is 0 Å². The molecule has 9 aromatic rings. The molecule has 4 N–H and O–H groups in total. The molecular weight excluding hydrogens is 1090 g/mol. The van der Waals surface area contributed by atoms with Gasteiger partial charge in [-0.1, -0.05) is 54.6 Å². The number of phenols is 4. The average molecular weight is 1180 g/mol. The highest BCUT2D eigenvalue weighted by molar-refractivity contribution is 5.94. The zero-order valence-corrected chi connectivity index (χ0v) is 53.2. The lowest BCUT2D eigenvalue weighted by Gasteiger charge is -2.08. The number of hydrogen-bond acceptors (Lipinski definition) is 12. The molecule has 0 bridgehead atoms. The fourth-order valence-electron chi connectivity index (χ4n) is 9.85. The lowest BCUT2D eigenvalue weighted by molar-refractivity contribution is 0.0515. The minimum Gasteiger partial charge on any atom is -0.507 e. The van der Waals surface area contributed by atoms with Crippen molar-refractivity contribution in [1.82, 2.24) is 18.7 Å². The van der Waals surface area contributed by atoms with E-state index < -0.39 is 0 Å². The molecular formula is C71H82N8O8. The third-order valence-corrected chi connectivity index (χ3v) is 14.3. The second-order valence-electron chi connectivity index (χ2n) is 21.7. The summed E-state index contributed by atoms with van der Waals surface area (Å²) in [5.74, 6) is 0.286. The van der Waals surface area contributed by atoms with Crippen LogP contribution in [0.15, 0.2) is 136 Å². The van der Waals surface area contributed by atoms with Gasteiger partial charge in [-0.15, -0.1) is 0 Å². The zero-order chi connectivity index (χ0) is 64.0. The third kappa shape index (κ3) is 16.7. The number of aromatic nitrogens is 4. The van der Waals surface area contributed by atoms with Crippen molar-refractivity contribution in [3.63, 3.8) is 0 Å². The Kier molecular flexibility index (Phi) is 22.6. The largest absolute Gasteiger partial charge is 0.507 e. The molecule has 0 aliphatic rings. The number of esters is 2. The second-order valence-corrected chi connectivity index (χ2v) is 21.7. The predicted octanol–water partition coefficient (Wildman–Crippen LogP) is 15.0. The second kappa shape index (κ2) is 29.7. The van der Waals surface area contributed by atoms with Crippen LogP contribution in [0.3, 0.4) is 0 Å². The Hall–Kier alpha value is -9.96. The van der Waals surface area contributed by atoms with E-state index in [4.69, 9.17) is 9.47 Å². The summed E-state index contributed by atoms with van der Waals surface area (Å²) in [5, 5.41) is 58.3. The Morgan fingerprint density at radius 2 is 0.678 bits per heavy atom. The van der Waals surface area contributed by atoms with Crippen LogP contribution in [0, 0.1) is 104 Å². The summed E-state index contributed by atoms with van der Waals surface area (Å²) >= 11 is 0. The first-order chi connectivity index (χ1) is 41.2. The van der Waals surface area contributed by atoms with Crippen molar-refractivity contribution in [2.24, 2.45) is 20.4 Å². The minimum atomic E-state index is -0.375. The molecule has 454 valence electrons. The number of hydrogen-bond donors (Lipinski definition) is 4. The summed E-state index contributed by atoms with van der Waals surface area (Å²) in [6.07, 6.45) is 6.62. The quantitative estimate of drug-likeness (QED) is 0.0645. The molecule has 0 atom stereocenters. The van der Waals surface area contributed by atoms with Crippen LogP contribution in [0.2, 0.25) is 0 Å². The molecule has 87 heavy (non-hydrogen) atoms. The van der Waals surface area contributed by atoms with Gasteiger partial charge in [-0.3, -0.25) is 0 Å². The number of carbonyl (C=O) groups excluding carboxylic acids is 2. The van der Waals surface area contributed by atoms with Crippen molar-refractivity contribution in [2.45, 2.75) is 118 Å². The average Bonchev–Trinajstić information content (AvgIpc) is 1.93. The van der Waals surface area contributed by atoms with Gasteiger partial charge in [-0.2, -0.15) is 20.4 Å². The van der Waals surface area contributed by atoms with Gasteiger partial charge in [0.2, 0.25) is 0 Å². The van der Waals surface area contributed by atoms with Crippen molar-refractivity contribution >= 4 is 36.8 Å². The number of carbonyl (C=O) groups is 2.